The molecular weight excluding hydrogens is 306 g/mol. The van der Waals surface area contributed by atoms with E-state index in [0.29, 0.717) is 23.9 Å². The van der Waals surface area contributed by atoms with Gasteiger partial charge in [0.15, 0.2) is 5.69 Å². The van der Waals surface area contributed by atoms with E-state index in [-0.39, 0.29) is 17.2 Å². The molecule has 0 atom stereocenters. The molecular formula is C17H15N5O2. The minimum absolute atomic E-state index is 0.198. The van der Waals surface area contributed by atoms with Gasteiger partial charge in [-0.05, 0) is 17.7 Å². The standard InChI is InChI=1S/C17H15N5O2/c1-21-14(6-8-18-21)11-7-9-22(10-11)17(24)15-12-4-2-3-5-13(12)16(23)20-19-15/h2-8H,9-10H2,1H3,(H,20,23). The molecule has 0 spiro atoms. The average molecular weight is 321 g/mol. The quantitative estimate of drug-likeness (QED) is 0.768. The normalized spacial score (nSPS) is 14.2. The lowest BCUT2D eigenvalue weighted by Gasteiger charge is -2.16. The van der Waals surface area contributed by atoms with Crippen LogP contribution in [0.4, 0.5) is 0 Å². The summed E-state index contributed by atoms with van der Waals surface area (Å²) in [7, 11) is 1.87. The molecule has 1 aliphatic rings. The summed E-state index contributed by atoms with van der Waals surface area (Å²) in [6, 6.07) is 8.92. The highest BCUT2D eigenvalue weighted by atomic mass is 16.2. The molecule has 4 rings (SSSR count). The second-order valence-corrected chi connectivity index (χ2v) is 5.70. The van der Waals surface area contributed by atoms with Gasteiger partial charge in [0.25, 0.3) is 11.5 Å². The topological polar surface area (TPSA) is 83.9 Å². The third-order valence-corrected chi connectivity index (χ3v) is 4.26. The highest BCUT2D eigenvalue weighted by molar-refractivity contribution is 6.05. The van der Waals surface area contributed by atoms with Gasteiger partial charge in [0.2, 0.25) is 0 Å². The Kier molecular flexibility index (Phi) is 3.26. The number of benzene rings is 1. The number of carbonyl (C=O) groups is 1. The van der Waals surface area contributed by atoms with Crippen molar-refractivity contribution in [2.24, 2.45) is 7.05 Å². The fraction of sp³-hybridized carbons (Fsp3) is 0.176. The van der Waals surface area contributed by atoms with Gasteiger partial charge in [0.05, 0.1) is 11.1 Å². The first kappa shape index (κ1) is 14.4. The van der Waals surface area contributed by atoms with Crippen LogP contribution in [0.3, 0.4) is 0 Å². The number of aromatic nitrogens is 4. The number of nitrogens with one attached hydrogen (secondary N) is 1. The van der Waals surface area contributed by atoms with Gasteiger partial charge in [0.1, 0.15) is 0 Å². The van der Waals surface area contributed by atoms with Crippen LogP contribution in [0.15, 0.2) is 47.4 Å². The highest BCUT2D eigenvalue weighted by Gasteiger charge is 2.25. The second kappa shape index (κ2) is 5.45. The fourth-order valence-corrected chi connectivity index (χ4v) is 3.01. The average Bonchev–Trinajstić information content (AvgIpc) is 3.23. The highest BCUT2D eigenvalue weighted by Crippen LogP contribution is 2.23. The van der Waals surface area contributed by atoms with Crippen molar-refractivity contribution in [3.05, 3.63) is 64.3 Å². The van der Waals surface area contributed by atoms with Crippen LogP contribution < -0.4 is 5.56 Å². The van der Waals surface area contributed by atoms with E-state index >= 15 is 0 Å². The molecule has 0 aliphatic carbocycles. The zero-order valence-corrected chi connectivity index (χ0v) is 13.1. The fourth-order valence-electron chi connectivity index (χ4n) is 3.01. The maximum atomic E-state index is 12.9. The number of nitrogens with zero attached hydrogens (tertiary/aromatic N) is 4. The third kappa shape index (κ3) is 2.21. The Labute approximate surface area is 137 Å². The van der Waals surface area contributed by atoms with Gasteiger partial charge in [-0.1, -0.05) is 24.3 Å². The molecule has 1 aliphatic heterocycles. The summed E-state index contributed by atoms with van der Waals surface area (Å²) < 4.78 is 1.79. The van der Waals surface area contributed by atoms with Gasteiger partial charge in [-0.2, -0.15) is 10.2 Å². The lowest BCUT2D eigenvalue weighted by atomic mass is 10.1. The number of hydrogen-bond donors (Lipinski definition) is 1. The molecule has 7 nitrogen and oxygen atoms in total. The molecule has 0 saturated heterocycles. The number of H-pyrrole nitrogens is 1. The van der Waals surface area contributed by atoms with Crippen molar-refractivity contribution in [2.45, 2.75) is 0 Å². The molecule has 0 fully saturated rings. The van der Waals surface area contributed by atoms with Crippen LogP contribution in [0.2, 0.25) is 0 Å². The number of rotatable bonds is 2. The first-order valence-corrected chi connectivity index (χ1v) is 7.59. The van der Waals surface area contributed by atoms with Gasteiger partial charge in [-0.15, -0.1) is 0 Å². The number of carbonyl (C=O) groups excluding carboxylic acids is 1. The van der Waals surface area contributed by atoms with Crippen LogP contribution in [-0.4, -0.2) is 43.9 Å². The van der Waals surface area contributed by atoms with Gasteiger partial charge in [0, 0.05) is 31.7 Å². The number of amides is 1. The van der Waals surface area contributed by atoms with Gasteiger partial charge < -0.3 is 4.90 Å². The summed E-state index contributed by atoms with van der Waals surface area (Å²) in [4.78, 5) is 26.4. The summed E-state index contributed by atoms with van der Waals surface area (Å²) in [6.07, 6.45) is 3.75. The van der Waals surface area contributed by atoms with E-state index in [2.05, 4.69) is 15.3 Å². The zero-order chi connectivity index (χ0) is 16.7. The van der Waals surface area contributed by atoms with E-state index in [1.54, 1.807) is 40.0 Å². The first-order valence-electron chi connectivity index (χ1n) is 7.59. The molecule has 0 saturated carbocycles. The molecule has 0 radical (unpaired) electrons. The van der Waals surface area contributed by atoms with Crippen molar-refractivity contribution in [3.63, 3.8) is 0 Å². The van der Waals surface area contributed by atoms with Gasteiger partial charge >= 0.3 is 0 Å². The van der Waals surface area contributed by atoms with Gasteiger partial charge in [-0.3, -0.25) is 14.3 Å². The minimum atomic E-state index is -0.294. The van der Waals surface area contributed by atoms with Crippen molar-refractivity contribution < 1.29 is 4.79 Å². The van der Waals surface area contributed by atoms with Gasteiger partial charge in [-0.25, -0.2) is 5.10 Å². The third-order valence-electron chi connectivity index (χ3n) is 4.26. The predicted molar refractivity (Wildman–Crippen MR) is 89.5 cm³/mol. The Balaban J connectivity index is 1.66. The number of fused-ring (bicyclic) bond motifs is 1. The van der Waals surface area contributed by atoms with Crippen molar-refractivity contribution >= 4 is 22.3 Å². The molecule has 3 heterocycles. The molecule has 0 bridgehead atoms. The van der Waals surface area contributed by atoms with E-state index in [4.69, 9.17) is 0 Å². The Morgan fingerprint density at radius 2 is 2.00 bits per heavy atom. The second-order valence-electron chi connectivity index (χ2n) is 5.70. The van der Waals surface area contributed by atoms with E-state index in [1.165, 1.54) is 0 Å². The maximum absolute atomic E-state index is 12.9. The lowest BCUT2D eigenvalue weighted by molar-refractivity contribution is 0.0796. The summed E-state index contributed by atoms with van der Waals surface area (Å²) in [6.45, 7) is 1.00. The molecule has 1 aromatic carbocycles. The van der Waals surface area contributed by atoms with Crippen LogP contribution in [0.5, 0.6) is 0 Å². The molecule has 0 unspecified atom stereocenters. The molecule has 7 heteroatoms. The Bertz CT molecular complexity index is 1030. The smallest absolute Gasteiger partial charge is 0.275 e. The molecule has 1 N–H and O–H groups in total. The van der Waals surface area contributed by atoms with Crippen LogP contribution in [0, 0.1) is 0 Å². The monoisotopic (exact) mass is 321 g/mol. The van der Waals surface area contributed by atoms with E-state index in [0.717, 1.165) is 11.3 Å². The lowest BCUT2D eigenvalue weighted by Crippen LogP contribution is -2.31. The predicted octanol–water partition coefficient (Wildman–Crippen LogP) is 1.20. The van der Waals surface area contributed by atoms with Crippen LogP contribution in [0.1, 0.15) is 16.2 Å². The summed E-state index contributed by atoms with van der Waals surface area (Å²) in [5.41, 5.74) is 2.02. The van der Waals surface area contributed by atoms with Crippen LogP contribution in [0.25, 0.3) is 16.3 Å². The molecule has 24 heavy (non-hydrogen) atoms. The Hall–Kier alpha value is -3.22. The Morgan fingerprint density at radius 3 is 2.75 bits per heavy atom. The molecule has 2 aromatic heterocycles. The van der Waals surface area contributed by atoms with E-state index < -0.39 is 0 Å². The number of aryl methyl sites for hydroxylation is 1. The van der Waals surface area contributed by atoms with Crippen molar-refractivity contribution in [3.8, 4) is 0 Å². The zero-order valence-electron chi connectivity index (χ0n) is 13.1. The van der Waals surface area contributed by atoms with Crippen molar-refractivity contribution in [2.75, 3.05) is 13.1 Å². The summed E-state index contributed by atoms with van der Waals surface area (Å²) in [5.74, 6) is -0.198. The summed E-state index contributed by atoms with van der Waals surface area (Å²) in [5, 5.41) is 11.6. The van der Waals surface area contributed by atoms with Crippen LogP contribution in [-0.2, 0) is 7.05 Å². The Morgan fingerprint density at radius 1 is 1.21 bits per heavy atom. The largest absolute Gasteiger partial charge is 0.329 e. The van der Waals surface area contributed by atoms with Crippen LogP contribution >= 0.6 is 0 Å². The molecule has 1 amide bonds. The molecule has 120 valence electrons. The van der Waals surface area contributed by atoms with Crippen molar-refractivity contribution in [1.29, 1.82) is 0 Å². The number of aromatic amines is 1. The van der Waals surface area contributed by atoms with Crippen molar-refractivity contribution in [1.82, 2.24) is 24.9 Å². The maximum Gasteiger partial charge on any atom is 0.275 e. The number of hydrogen-bond acceptors (Lipinski definition) is 4. The SMILES string of the molecule is Cn1nccc1C1=CCN(C(=O)c2n[nH]c(=O)c3ccccc23)C1. The van der Waals surface area contributed by atoms with E-state index in [1.807, 2.05) is 19.2 Å². The first-order chi connectivity index (χ1) is 11.6. The molecule has 3 aromatic rings. The van der Waals surface area contributed by atoms with E-state index in [9.17, 15) is 9.59 Å². The minimum Gasteiger partial charge on any atom is -0.329 e. The summed E-state index contributed by atoms with van der Waals surface area (Å²) >= 11 is 0.